The molecule has 4 heterocycles. The van der Waals surface area contributed by atoms with Crippen LogP contribution in [0.4, 0.5) is 4.79 Å². The number of aromatic nitrogens is 2. The van der Waals surface area contributed by atoms with Gasteiger partial charge in [-0.25, -0.2) is 4.79 Å². The summed E-state index contributed by atoms with van der Waals surface area (Å²) in [5.74, 6) is 0.227. The summed E-state index contributed by atoms with van der Waals surface area (Å²) in [6, 6.07) is 8.08. The van der Waals surface area contributed by atoms with Gasteiger partial charge in [-0.2, -0.15) is 0 Å². The lowest BCUT2D eigenvalue weighted by Crippen LogP contribution is -2.47. The number of furan rings is 1. The number of imide groups is 1. The average Bonchev–Trinajstić information content (AvgIpc) is 3.36. The third kappa shape index (κ3) is 2.51. The highest BCUT2D eigenvalue weighted by Crippen LogP contribution is 2.36. The Morgan fingerprint density at radius 2 is 2.10 bits per heavy atom. The molecule has 146 valence electrons. The number of hydrogen-bond acceptors (Lipinski definition) is 6. The van der Waals surface area contributed by atoms with Crippen LogP contribution in [-0.2, 0) is 16.9 Å². The molecule has 1 saturated heterocycles. The standard InChI is InChI=1S/C20H16N4O5/c1-28-13-3-2-12-9-24(17(25)14(12)7-13)10-20(18(26)22-19(27)23-20)16-6-11-4-5-21-8-15(11)29-16/h2-9,25H,10H2,1H3,(H2,22,23,26,27)/t20-/m0/s1. The van der Waals surface area contributed by atoms with E-state index in [4.69, 9.17) is 9.15 Å². The van der Waals surface area contributed by atoms with E-state index in [-0.39, 0.29) is 18.2 Å². The van der Waals surface area contributed by atoms with Gasteiger partial charge in [0.25, 0.3) is 5.91 Å². The molecule has 1 aromatic carbocycles. The summed E-state index contributed by atoms with van der Waals surface area (Å²) in [7, 11) is 1.54. The molecule has 1 aliphatic rings. The van der Waals surface area contributed by atoms with Crippen LogP contribution in [0.1, 0.15) is 5.76 Å². The minimum absolute atomic E-state index is 0.0509. The van der Waals surface area contributed by atoms with Gasteiger partial charge in [0.2, 0.25) is 0 Å². The van der Waals surface area contributed by atoms with Crippen molar-refractivity contribution in [3.8, 4) is 11.6 Å². The number of nitrogens with one attached hydrogen (secondary N) is 2. The SMILES string of the molecule is COc1ccc2cn(C[C@@]3(c4cc5ccncc5o4)NC(=O)NC3=O)c(O)c2c1. The number of ether oxygens (including phenoxy) is 1. The molecule has 1 aliphatic heterocycles. The van der Waals surface area contributed by atoms with Crippen LogP contribution in [-0.4, -0.2) is 33.7 Å². The van der Waals surface area contributed by atoms with E-state index in [1.807, 2.05) is 0 Å². The molecule has 3 amide bonds. The molecule has 1 atom stereocenters. The van der Waals surface area contributed by atoms with E-state index in [1.54, 1.807) is 49.8 Å². The molecule has 0 bridgehead atoms. The summed E-state index contributed by atoms with van der Waals surface area (Å²) >= 11 is 0. The number of amides is 3. The zero-order valence-corrected chi connectivity index (χ0v) is 15.3. The molecule has 9 heteroatoms. The number of carbonyl (C=O) groups is 2. The number of aromatic hydroxyl groups is 1. The van der Waals surface area contributed by atoms with Gasteiger partial charge in [0.15, 0.2) is 17.0 Å². The Hall–Kier alpha value is -4.01. The minimum atomic E-state index is -1.52. The van der Waals surface area contributed by atoms with Crippen molar-refractivity contribution in [3.05, 3.63) is 54.7 Å². The van der Waals surface area contributed by atoms with Crippen LogP contribution in [0.5, 0.6) is 11.6 Å². The second kappa shape index (κ2) is 5.99. The Kier molecular flexibility index (Phi) is 3.54. The molecule has 0 spiro atoms. The smallest absolute Gasteiger partial charge is 0.322 e. The molecule has 5 rings (SSSR count). The Bertz CT molecular complexity index is 1260. The van der Waals surface area contributed by atoms with Crippen molar-refractivity contribution in [2.75, 3.05) is 7.11 Å². The fourth-order valence-electron chi connectivity index (χ4n) is 3.68. The van der Waals surface area contributed by atoms with Crippen molar-refractivity contribution >= 4 is 33.7 Å². The van der Waals surface area contributed by atoms with Crippen molar-refractivity contribution in [2.45, 2.75) is 12.1 Å². The number of methoxy groups -OCH3 is 1. The lowest BCUT2D eigenvalue weighted by atomic mass is 9.96. The normalized spacial score (nSPS) is 18.9. The van der Waals surface area contributed by atoms with Gasteiger partial charge >= 0.3 is 6.03 Å². The summed E-state index contributed by atoms with van der Waals surface area (Å²) in [6.45, 7) is -0.0688. The quantitative estimate of drug-likeness (QED) is 0.458. The van der Waals surface area contributed by atoms with Gasteiger partial charge in [-0.05, 0) is 30.3 Å². The van der Waals surface area contributed by atoms with Crippen LogP contribution in [0.25, 0.3) is 21.7 Å². The van der Waals surface area contributed by atoms with E-state index in [0.29, 0.717) is 16.7 Å². The first kappa shape index (κ1) is 17.1. The number of nitrogens with zero attached hydrogens (tertiary/aromatic N) is 2. The highest BCUT2D eigenvalue weighted by atomic mass is 16.5. The van der Waals surface area contributed by atoms with Gasteiger partial charge in [0.1, 0.15) is 11.5 Å². The highest BCUT2D eigenvalue weighted by molar-refractivity contribution is 6.07. The minimum Gasteiger partial charge on any atom is -0.497 e. The van der Waals surface area contributed by atoms with E-state index < -0.39 is 17.5 Å². The maximum atomic E-state index is 12.8. The molecule has 3 aromatic heterocycles. The number of urea groups is 1. The number of pyridine rings is 1. The van der Waals surface area contributed by atoms with E-state index in [9.17, 15) is 14.7 Å². The van der Waals surface area contributed by atoms with Crippen LogP contribution in [0.3, 0.4) is 0 Å². The summed E-state index contributed by atoms with van der Waals surface area (Å²) in [4.78, 5) is 28.8. The Balaban J connectivity index is 1.65. The third-order valence-corrected chi connectivity index (χ3v) is 5.16. The largest absolute Gasteiger partial charge is 0.497 e. The first-order valence-electron chi connectivity index (χ1n) is 8.84. The number of fused-ring (bicyclic) bond motifs is 2. The molecule has 0 radical (unpaired) electrons. The van der Waals surface area contributed by atoms with Gasteiger partial charge in [0.05, 0.1) is 19.9 Å². The molecule has 3 N–H and O–H groups in total. The van der Waals surface area contributed by atoms with Gasteiger partial charge in [-0.3, -0.25) is 15.1 Å². The average molecular weight is 392 g/mol. The number of carbonyl (C=O) groups excluding carboxylic acids is 2. The molecule has 0 saturated carbocycles. The zero-order chi connectivity index (χ0) is 20.2. The van der Waals surface area contributed by atoms with Crippen molar-refractivity contribution in [2.24, 2.45) is 0 Å². The van der Waals surface area contributed by atoms with Gasteiger partial charge in [0, 0.05) is 28.6 Å². The molecule has 4 aromatic rings. The Morgan fingerprint density at radius 1 is 1.24 bits per heavy atom. The molecule has 29 heavy (non-hydrogen) atoms. The maximum absolute atomic E-state index is 12.8. The summed E-state index contributed by atoms with van der Waals surface area (Å²) < 4.78 is 12.6. The van der Waals surface area contributed by atoms with E-state index in [0.717, 1.165) is 10.8 Å². The van der Waals surface area contributed by atoms with E-state index >= 15 is 0 Å². The molecular formula is C20H16N4O5. The van der Waals surface area contributed by atoms with Crippen molar-refractivity contribution in [3.63, 3.8) is 0 Å². The number of benzene rings is 1. The number of hydrogen-bond donors (Lipinski definition) is 3. The van der Waals surface area contributed by atoms with Crippen LogP contribution < -0.4 is 15.4 Å². The van der Waals surface area contributed by atoms with Crippen LogP contribution in [0, 0.1) is 0 Å². The summed E-state index contributed by atoms with van der Waals surface area (Å²) in [5, 5.41) is 17.7. The predicted molar refractivity (Wildman–Crippen MR) is 103 cm³/mol. The van der Waals surface area contributed by atoms with Gasteiger partial charge in [-0.15, -0.1) is 0 Å². The first-order valence-corrected chi connectivity index (χ1v) is 8.84. The van der Waals surface area contributed by atoms with Gasteiger partial charge in [-0.1, -0.05) is 0 Å². The Morgan fingerprint density at radius 3 is 2.83 bits per heavy atom. The molecule has 9 nitrogen and oxygen atoms in total. The van der Waals surface area contributed by atoms with Crippen molar-refractivity contribution in [1.29, 1.82) is 0 Å². The second-order valence-electron chi connectivity index (χ2n) is 6.87. The van der Waals surface area contributed by atoms with Crippen LogP contribution in [0.15, 0.2) is 53.3 Å². The fourth-order valence-corrected chi connectivity index (χ4v) is 3.68. The van der Waals surface area contributed by atoms with Crippen molar-refractivity contribution < 1.29 is 23.8 Å². The van der Waals surface area contributed by atoms with E-state index in [2.05, 4.69) is 15.6 Å². The molecule has 0 aliphatic carbocycles. The lowest BCUT2D eigenvalue weighted by molar-refractivity contribution is -0.125. The zero-order valence-electron chi connectivity index (χ0n) is 15.3. The Labute approximate surface area is 163 Å². The van der Waals surface area contributed by atoms with Crippen molar-refractivity contribution in [1.82, 2.24) is 20.2 Å². The summed E-state index contributed by atoms with van der Waals surface area (Å²) in [5.41, 5.74) is -1.03. The predicted octanol–water partition coefficient (Wildman–Crippen LogP) is 2.23. The molecule has 1 fully saturated rings. The maximum Gasteiger partial charge on any atom is 0.322 e. The summed E-state index contributed by atoms with van der Waals surface area (Å²) in [6.07, 6.45) is 4.85. The third-order valence-electron chi connectivity index (χ3n) is 5.16. The topological polar surface area (TPSA) is 119 Å². The fraction of sp³-hybridized carbons (Fsp3) is 0.150. The monoisotopic (exact) mass is 392 g/mol. The highest BCUT2D eigenvalue weighted by Gasteiger charge is 2.51. The molecule has 0 unspecified atom stereocenters. The van der Waals surface area contributed by atoms with Crippen LogP contribution >= 0.6 is 0 Å². The number of rotatable bonds is 4. The van der Waals surface area contributed by atoms with Crippen LogP contribution in [0.2, 0.25) is 0 Å². The van der Waals surface area contributed by atoms with Gasteiger partial charge < -0.3 is 24.1 Å². The second-order valence-corrected chi connectivity index (χ2v) is 6.87. The van der Waals surface area contributed by atoms with E-state index in [1.165, 1.54) is 10.8 Å². The first-order chi connectivity index (χ1) is 14.0. The molecular weight excluding hydrogens is 376 g/mol. The lowest BCUT2D eigenvalue weighted by Gasteiger charge is -2.24.